The van der Waals surface area contributed by atoms with E-state index < -0.39 is 47.4 Å². The molecule has 1 aromatic carbocycles. The summed E-state index contributed by atoms with van der Waals surface area (Å²) >= 11 is 0. The summed E-state index contributed by atoms with van der Waals surface area (Å²) in [6.07, 6.45) is -0.417. The molecule has 2 heterocycles. The predicted molar refractivity (Wildman–Crippen MR) is 78.6 cm³/mol. The molecule has 0 saturated heterocycles. The predicted octanol–water partition coefficient (Wildman–Crippen LogP) is -0.0440. The fourth-order valence-electron chi connectivity index (χ4n) is 3.21. The summed E-state index contributed by atoms with van der Waals surface area (Å²) in [6, 6.07) is -2.35. The highest BCUT2D eigenvalue weighted by Gasteiger charge is 2.43. The van der Waals surface area contributed by atoms with Crippen molar-refractivity contribution in [1.82, 2.24) is 0 Å². The van der Waals surface area contributed by atoms with E-state index in [1.165, 1.54) is 0 Å². The first kappa shape index (κ1) is 15.7. The van der Waals surface area contributed by atoms with Crippen molar-refractivity contribution in [1.29, 1.82) is 0 Å². The van der Waals surface area contributed by atoms with Gasteiger partial charge < -0.3 is 36.2 Å². The van der Waals surface area contributed by atoms with Crippen LogP contribution in [0.2, 0.25) is 0 Å². The molecule has 3 rings (SSSR count). The van der Waals surface area contributed by atoms with Gasteiger partial charge in [-0.25, -0.2) is 9.59 Å². The molecule has 1 aromatic rings. The van der Waals surface area contributed by atoms with Gasteiger partial charge in [0.1, 0.15) is 12.1 Å². The number of carboxylic acid groups (broad SMARTS) is 3. The van der Waals surface area contributed by atoms with Crippen LogP contribution >= 0.6 is 0 Å². The Balaban J connectivity index is 2.21. The Labute approximate surface area is 134 Å². The zero-order valence-corrected chi connectivity index (χ0v) is 12.1. The van der Waals surface area contributed by atoms with Crippen LogP contribution in [0.4, 0.5) is 11.4 Å². The van der Waals surface area contributed by atoms with Crippen LogP contribution < -0.4 is 10.6 Å². The van der Waals surface area contributed by atoms with Crippen molar-refractivity contribution in [3.05, 3.63) is 11.1 Å². The van der Waals surface area contributed by atoms with Crippen molar-refractivity contribution in [2.75, 3.05) is 10.6 Å². The van der Waals surface area contributed by atoms with Crippen molar-refractivity contribution in [3.8, 4) is 11.5 Å². The first-order chi connectivity index (χ1) is 11.2. The Morgan fingerprint density at radius 3 is 1.96 bits per heavy atom. The highest BCUT2D eigenvalue weighted by molar-refractivity contribution is 5.95. The summed E-state index contributed by atoms with van der Waals surface area (Å²) in [4.78, 5) is 34.0. The molecule has 0 spiro atoms. The summed E-state index contributed by atoms with van der Waals surface area (Å²) in [7, 11) is 0. The Hall–Kier alpha value is -3.17. The number of carboxylic acids is 3. The van der Waals surface area contributed by atoms with Crippen molar-refractivity contribution in [2.24, 2.45) is 0 Å². The topological polar surface area (TPSA) is 176 Å². The molecular weight excluding hydrogens is 324 g/mol. The van der Waals surface area contributed by atoms with Crippen LogP contribution in [0.15, 0.2) is 0 Å². The van der Waals surface area contributed by atoms with Gasteiger partial charge in [-0.1, -0.05) is 0 Å². The molecule has 0 aliphatic carbocycles. The second kappa shape index (κ2) is 5.18. The molecule has 0 fully saturated rings. The molecule has 3 atom stereocenters. The number of fused-ring (bicyclic) bond motifs is 3. The van der Waals surface area contributed by atoms with Gasteiger partial charge in [0.15, 0.2) is 11.5 Å². The molecule has 0 unspecified atom stereocenters. The number of hydrogen-bond donors (Lipinski definition) is 7. The van der Waals surface area contributed by atoms with E-state index in [1.54, 1.807) is 0 Å². The number of benzene rings is 1. The normalized spacial score (nSPS) is 24.2. The second-order valence-corrected chi connectivity index (χ2v) is 5.74. The highest BCUT2D eigenvalue weighted by Crippen LogP contribution is 2.53. The van der Waals surface area contributed by atoms with Crippen molar-refractivity contribution in [2.45, 2.75) is 30.8 Å². The van der Waals surface area contributed by atoms with Crippen molar-refractivity contribution < 1.29 is 39.9 Å². The van der Waals surface area contributed by atoms with Crippen LogP contribution in [0, 0.1) is 0 Å². The van der Waals surface area contributed by atoms with Gasteiger partial charge >= 0.3 is 17.9 Å². The van der Waals surface area contributed by atoms with E-state index in [0.29, 0.717) is 0 Å². The quantitative estimate of drug-likeness (QED) is 0.292. The number of phenols is 2. The molecule has 10 heteroatoms. The maximum Gasteiger partial charge on any atom is 0.326 e. The van der Waals surface area contributed by atoms with Gasteiger partial charge in [0.25, 0.3) is 0 Å². The summed E-state index contributed by atoms with van der Waals surface area (Å²) in [6.45, 7) is 0. The molecule has 0 saturated carbocycles. The second-order valence-electron chi connectivity index (χ2n) is 5.74. The third-order valence-electron chi connectivity index (χ3n) is 4.35. The van der Waals surface area contributed by atoms with Crippen LogP contribution in [-0.4, -0.2) is 55.5 Å². The number of aromatic hydroxyl groups is 2. The van der Waals surface area contributed by atoms with Gasteiger partial charge in [0.05, 0.1) is 11.6 Å². The van der Waals surface area contributed by atoms with Gasteiger partial charge in [-0.15, -0.1) is 0 Å². The molecule has 0 radical (unpaired) electrons. The zero-order valence-electron chi connectivity index (χ0n) is 12.1. The summed E-state index contributed by atoms with van der Waals surface area (Å²) < 4.78 is 0. The van der Waals surface area contributed by atoms with E-state index in [0.717, 1.165) is 0 Å². The van der Waals surface area contributed by atoms with Crippen LogP contribution in [0.3, 0.4) is 0 Å². The number of rotatable bonds is 3. The molecule has 2 aliphatic rings. The van der Waals surface area contributed by atoms with E-state index in [4.69, 9.17) is 10.2 Å². The van der Waals surface area contributed by atoms with E-state index in [9.17, 15) is 29.7 Å². The first-order valence-corrected chi connectivity index (χ1v) is 7.04. The Morgan fingerprint density at radius 1 is 0.833 bits per heavy atom. The fourth-order valence-corrected chi connectivity index (χ4v) is 3.21. The molecule has 24 heavy (non-hydrogen) atoms. The van der Waals surface area contributed by atoms with Gasteiger partial charge in [-0.3, -0.25) is 4.79 Å². The van der Waals surface area contributed by atoms with Crippen molar-refractivity contribution >= 4 is 29.3 Å². The van der Waals surface area contributed by atoms with E-state index in [-0.39, 0.29) is 35.3 Å². The number of aliphatic carboxylic acids is 3. The molecular formula is C14H14N2O8. The maximum atomic E-state index is 11.6. The zero-order chi connectivity index (χ0) is 17.8. The van der Waals surface area contributed by atoms with Crippen LogP contribution in [0.5, 0.6) is 11.5 Å². The molecule has 0 aromatic heterocycles. The summed E-state index contributed by atoms with van der Waals surface area (Å²) in [5, 5.41) is 53.1. The molecule has 2 aliphatic heterocycles. The van der Waals surface area contributed by atoms with Gasteiger partial charge in [-0.2, -0.15) is 0 Å². The van der Waals surface area contributed by atoms with Gasteiger partial charge in [0, 0.05) is 23.2 Å². The van der Waals surface area contributed by atoms with E-state index in [1.807, 2.05) is 0 Å². The number of phenolic OH excluding ortho intramolecular Hbond substituents is 2. The maximum absolute atomic E-state index is 11.6. The third-order valence-corrected chi connectivity index (χ3v) is 4.35. The van der Waals surface area contributed by atoms with Crippen LogP contribution in [0.25, 0.3) is 0 Å². The average Bonchev–Trinajstić information content (AvgIpc) is 2.96. The smallest absolute Gasteiger partial charge is 0.326 e. The van der Waals surface area contributed by atoms with Crippen LogP contribution in [-0.2, 0) is 20.8 Å². The average molecular weight is 338 g/mol. The SMILES string of the molecule is O=C(O)[C@@H]1Cc2c(O)c(O)c3c(c2N1)[C@H](C(=O)O)C[C@H](C(=O)O)N3. The summed E-state index contributed by atoms with van der Waals surface area (Å²) in [5.74, 6) is -6.36. The Bertz CT molecular complexity index is 771. The minimum absolute atomic E-state index is 0.0500. The number of nitrogens with one attached hydrogen (secondary N) is 2. The molecule has 7 N–H and O–H groups in total. The molecule has 0 bridgehead atoms. The lowest BCUT2D eigenvalue weighted by Crippen LogP contribution is -2.37. The molecule has 128 valence electrons. The van der Waals surface area contributed by atoms with Gasteiger partial charge in [0.2, 0.25) is 0 Å². The van der Waals surface area contributed by atoms with E-state index >= 15 is 0 Å². The Morgan fingerprint density at radius 2 is 1.42 bits per heavy atom. The highest BCUT2D eigenvalue weighted by atomic mass is 16.4. The lowest BCUT2D eigenvalue weighted by molar-refractivity contribution is -0.141. The van der Waals surface area contributed by atoms with E-state index in [2.05, 4.69) is 10.6 Å². The molecule has 10 nitrogen and oxygen atoms in total. The lowest BCUT2D eigenvalue weighted by Gasteiger charge is -2.31. The number of carbonyl (C=O) groups is 3. The Kier molecular flexibility index (Phi) is 3.39. The first-order valence-electron chi connectivity index (χ1n) is 7.04. The largest absolute Gasteiger partial charge is 0.504 e. The number of hydrogen-bond acceptors (Lipinski definition) is 7. The van der Waals surface area contributed by atoms with Crippen molar-refractivity contribution in [3.63, 3.8) is 0 Å². The summed E-state index contributed by atoms with van der Waals surface area (Å²) in [5.41, 5.74) is 0.0433. The molecule has 0 amide bonds. The lowest BCUT2D eigenvalue weighted by atomic mass is 9.84. The number of anilines is 2. The monoisotopic (exact) mass is 338 g/mol. The third kappa shape index (κ3) is 2.14. The minimum atomic E-state index is -1.31. The minimum Gasteiger partial charge on any atom is -0.504 e. The standard InChI is InChI=1S/C14H14N2O8/c17-10-4-2-6(14(23)24)15-8(4)7-3(12(19)20)1-5(13(21)22)16-9(7)11(10)18/h3,5-6,15-18H,1-2H2,(H,19,20)(H,21,22)(H,23,24)/t3-,5-,6+/m1/s1. The van der Waals surface area contributed by atoms with Crippen LogP contribution in [0.1, 0.15) is 23.5 Å². The van der Waals surface area contributed by atoms with Gasteiger partial charge in [-0.05, 0) is 6.42 Å². The fraction of sp³-hybridized carbons (Fsp3) is 0.357.